The summed E-state index contributed by atoms with van der Waals surface area (Å²) in [6.45, 7) is 5.71. The SMILES string of the molecule is Cc1noc(C)c1CNc1cc(C(N)=O)cc(F)c1C. The van der Waals surface area contributed by atoms with Crippen molar-refractivity contribution >= 4 is 11.6 Å². The average molecular weight is 277 g/mol. The molecule has 0 radical (unpaired) electrons. The Labute approximate surface area is 115 Å². The molecule has 0 bridgehead atoms. The highest BCUT2D eigenvalue weighted by atomic mass is 19.1. The summed E-state index contributed by atoms with van der Waals surface area (Å²) in [5.74, 6) is -0.425. The summed E-state index contributed by atoms with van der Waals surface area (Å²) in [4.78, 5) is 11.2. The highest BCUT2D eigenvalue weighted by molar-refractivity contribution is 5.94. The molecule has 2 rings (SSSR count). The molecule has 3 N–H and O–H groups in total. The lowest BCUT2D eigenvalue weighted by atomic mass is 10.1. The second-order valence-corrected chi connectivity index (χ2v) is 4.65. The lowest BCUT2D eigenvalue weighted by Crippen LogP contribution is -2.13. The Morgan fingerprint density at radius 3 is 2.65 bits per heavy atom. The Morgan fingerprint density at radius 1 is 1.40 bits per heavy atom. The number of nitrogens with two attached hydrogens (primary N) is 1. The van der Waals surface area contributed by atoms with Gasteiger partial charge in [-0.15, -0.1) is 0 Å². The van der Waals surface area contributed by atoms with E-state index in [2.05, 4.69) is 10.5 Å². The van der Waals surface area contributed by atoms with Crippen LogP contribution in [0.4, 0.5) is 10.1 Å². The van der Waals surface area contributed by atoms with Gasteiger partial charge in [-0.25, -0.2) is 4.39 Å². The highest BCUT2D eigenvalue weighted by Gasteiger charge is 2.12. The molecule has 0 atom stereocenters. The zero-order valence-electron chi connectivity index (χ0n) is 11.6. The molecular weight excluding hydrogens is 261 g/mol. The molecule has 106 valence electrons. The number of halogens is 1. The topological polar surface area (TPSA) is 81.2 Å². The van der Waals surface area contributed by atoms with E-state index in [0.29, 0.717) is 23.6 Å². The number of carbonyl (C=O) groups is 1. The van der Waals surface area contributed by atoms with Gasteiger partial charge >= 0.3 is 0 Å². The minimum atomic E-state index is -0.663. The van der Waals surface area contributed by atoms with Gasteiger partial charge in [0.15, 0.2) is 0 Å². The Bertz CT molecular complexity index is 645. The number of aryl methyl sites for hydroxylation is 2. The van der Waals surface area contributed by atoms with E-state index in [1.165, 1.54) is 0 Å². The Morgan fingerprint density at radius 2 is 2.10 bits per heavy atom. The van der Waals surface area contributed by atoms with Crippen LogP contribution >= 0.6 is 0 Å². The van der Waals surface area contributed by atoms with Crippen LogP contribution in [0.2, 0.25) is 0 Å². The van der Waals surface area contributed by atoms with Gasteiger partial charge in [-0.1, -0.05) is 5.16 Å². The van der Waals surface area contributed by atoms with Crippen molar-refractivity contribution in [2.75, 3.05) is 5.32 Å². The van der Waals surface area contributed by atoms with Gasteiger partial charge in [-0.05, 0) is 32.9 Å². The molecule has 0 spiro atoms. The van der Waals surface area contributed by atoms with E-state index in [9.17, 15) is 9.18 Å². The number of rotatable bonds is 4. The van der Waals surface area contributed by atoms with Gasteiger partial charge in [-0.2, -0.15) is 0 Å². The molecule has 2 aromatic rings. The maximum Gasteiger partial charge on any atom is 0.248 e. The van der Waals surface area contributed by atoms with Gasteiger partial charge in [0.05, 0.1) is 5.69 Å². The Hall–Kier alpha value is -2.37. The first-order valence-electron chi connectivity index (χ1n) is 6.15. The molecule has 5 nitrogen and oxygen atoms in total. The Kier molecular flexibility index (Phi) is 3.74. The summed E-state index contributed by atoms with van der Waals surface area (Å²) in [6, 6.07) is 2.68. The van der Waals surface area contributed by atoms with Gasteiger partial charge in [0, 0.05) is 28.9 Å². The first-order chi connectivity index (χ1) is 9.40. The van der Waals surface area contributed by atoms with Crippen LogP contribution in [0.25, 0.3) is 0 Å². The zero-order chi connectivity index (χ0) is 14.9. The van der Waals surface area contributed by atoms with Crippen LogP contribution in [0.5, 0.6) is 0 Å². The number of nitrogens with zero attached hydrogens (tertiary/aromatic N) is 1. The van der Waals surface area contributed by atoms with E-state index < -0.39 is 11.7 Å². The number of aromatic nitrogens is 1. The minimum Gasteiger partial charge on any atom is -0.380 e. The summed E-state index contributed by atoms with van der Waals surface area (Å²) in [6.07, 6.45) is 0. The van der Waals surface area contributed by atoms with Crippen LogP contribution in [-0.2, 0) is 6.54 Å². The second-order valence-electron chi connectivity index (χ2n) is 4.65. The van der Waals surface area contributed by atoms with Gasteiger partial charge < -0.3 is 15.6 Å². The fourth-order valence-corrected chi connectivity index (χ4v) is 1.94. The third-order valence-corrected chi connectivity index (χ3v) is 3.27. The fourth-order valence-electron chi connectivity index (χ4n) is 1.94. The smallest absolute Gasteiger partial charge is 0.248 e. The molecule has 1 aromatic heterocycles. The normalized spacial score (nSPS) is 10.6. The Balaban J connectivity index is 2.27. The molecule has 0 aliphatic heterocycles. The van der Waals surface area contributed by atoms with Crippen molar-refractivity contribution in [1.82, 2.24) is 5.16 Å². The molecule has 0 fully saturated rings. The van der Waals surface area contributed by atoms with Crippen LogP contribution in [0, 0.1) is 26.6 Å². The highest BCUT2D eigenvalue weighted by Crippen LogP contribution is 2.22. The van der Waals surface area contributed by atoms with Gasteiger partial charge in [0.25, 0.3) is 0 Å². The van der Waals surface area contributed by atoms with Crippen molar-refractivity contribution in [3.63, 3.8) is 0 Å². The predicted octanol–water partition coefficient (Wildman–Crippen LogP) is 2.45. The van der Waals surface area contributed by atoms with E-state index >= 15 is 0 Å². The van der Waals surface area contributed by atoms with Crippen molar-refractivity contribution in [2.24, 2.45) is 5.73 Å². The fraction of sp³-hybridized carbons (Fsp3) is 0.286. The van der Waals surface area contributed by atoms with Crippen molar-refractivity contribution in [2.45, 2.75) is 27.3 Å². The molecule has 20 heavy (non-hydrogen) atoms. The molecule has 0 saturated carbocycles. The standard InChI is InChI=1S/C14H16FN3O2/c1-7-12(15)4-10(14(16)19)5-13(7)17-6-11-8(2)18-20-9(11)3/h4-5,17H,6H2,1-3H3,(H2,16,19). The van der Waals surface area contributed by atoms with E-state index in [-0.39, 0.29) is 5.56 Å². The third-order valence-electron chi connectivity index (χ3n) is 3.27. The number of primary amides is 1. The molecule has 1 heterocycles. The predicted molar refractivity (Wildman–Crippen MR) is 73.0 cm³/mol. The number of hydrogen-bond donors (Lipinski definition) is 2. The molecule has 0 saturated heterocycles. The first kappa shape index (κ1) is 14.0. The molecule has 0 aliphatic rings. The summed E-state index contributed by atoms with van der Waals surface area (Å²) in [5, 5.41) is 6.94. The number of hydrogen-bond acceptors (Lipinski definition) is 4. The molecule has 0 aliphatic carbocycles. The number of nitrogens with one attached hydrogen (secondary N) is 1. The molecular formula is C14H16FN3O2. The van der Waals surface area contributed by atoms with Crippen molar-refractivity contribution in [3.05, 3.63) is 46.1 Å². The van der Waals surface area contributed by atoms with Crippen molar-refractivity contribution < 1.29 is 13.7 Å². The van der Waals surface area contributed by atoms with Crippen LogP contribution in [0.3, 0.4) is 0 Å². The second kappa shape index (κ2) is 5.32. The summed E-state index contributed by atoms with van der Waals surface area (Å²) < 4.78 is 18.8. The molecule has 0 unspecified atom stereocenters. The van der Waals surface area contributed by atoms with E-state index in [4.69, 9.17) is 10.3 Å². The summed E-state index contributed by atoms with van der Waals surface area (Å²) in [5.41, 5.74) is 7.96. The maximum absolute atomic E-state index is 13.7. The van der Waals surface area contributed by atoms with Crippen LogP contribution < -0.4 is 11.1 Å². The summed E-state index contributed by atoms with van der Waals surface area (Å²) >= 11 is 0. The molecule has 1 aromatic carbocycles. The van der Waals surface area contributed by atoms with E-state index in [1.54, 1.807) is 13.0 Å². The number of anilines is 1. The van der Waals surface area contributed by atoms with Crippen LogP contribution in [0.1, 0.15) is 32.9 Å². The van der Waals surface area contributed by atoms with Crippen molar-refractivity contribution in [3.8, 4) is 0 Å². The third kappa shape index (κ3) is 2.64. The first-order valence-corrected chi connectivity index (χ1v) is 6.15. The summed E-state index contributed by atoms with van der Waals surface area (Å²) in [7, 11) is 0. The van der Waals surface area contributed by atoms with Crippen LogP contribution in [0.15, 0.2) is 16.7 Å². The molecule has 6 heteroatoms. The molecule has 1 amide bonds. The maximum atomic E-state index is 13.7. The lowest BCUT2D eigenvalue weighted by Gasteiger charge is -2.11. The lowest BCUT2D eigenvalue weighted by molar-refractivity contribution is 0.1000. The van der Waals surface area contributed by atoms with E-state index in [0.717, 1.165) is 17.3 Å². The largest absolute Gasteiger partial charge is 0.380 e. The number of amides is 1. The van der Waals surface area contributed by atoms with Gasteiger partial charge in [0.2, 0.25) is 5.91 Å². The monoisotopic (exact) mass is 277 g/mol. The average Bonchev–Trinajstić information content (AvgIpc) is 2.70. The quantitative estimate of drug-likeness (QED) is 0.899. The van der Waals surface area contributed by atoms with Crippen LogP contribution in [-0.4, -0.2) is 11.1 Å². The number of carbonyl (C=O) groups excluding carboxylic acids is 1. The van der Waals surface area contributed by atoms with Gasteiger partial charge in [-0.3, -0.25) is 4.79 Å². The zero-order valence-corrected chi connectivity index (χ0v) is 11.6. The van der Waals surface area contributed by atoms with E-state index in [1.807, 2.05) is 13.8 Å². The number of benzene rings is 1. The van der Waals surface area contributed by atoms with Crippen molar-refractivity contribution in [1.29, 1.82) is 0 Å². The minimum absolute atomic E-state index is 0.134. The van der Waals surface area contributed by atoms with Gasteiger partial charge in [0.1, 0.15) is 11.6 Å².